The third-order valence-corrected chi connectivity index (χ3v) is 4.00. The summed E-state index contributed by atoms with van der Waals surface area (Å²) in [4.78, 5) is 0. The van der Waals surface area contributed by atoms with Gasteiger partial charge in [-0.2, -0.15) is 0 Å². The molecular weight excluding hydrogens is 184 g/mol. The fourth-order valence-corrected chi connectivity index (χ4v) is 2.93. The molecule has 0 heterocycles. The summed E-state index contributed by atoms with van der Waals surface area (Å²) >= 11 is 0. The van der Waals surface area contributed by atoms with E-state index in [9.17, 15) is 0 Å². The van der Waals surface area contributed by atoms with E-state index in [1.165, 1.54) is 37.7 Å². The Labute approximate surface area is 92.4 Å². The largest absolute Gasteiger partial charge is 0.399 e. The molecule has 0 aromatic rings. The molecule has 0 bridgehead atoms. The molecule has 2 aliphatic carbocycles. The molecule has 4 N–H and O–H groups in total. The zero-order valence-corrected chi connectivity index (χ0v) is 9.63. The van der Waals surface area contributed by atoms with Crippen molar-refractivity contribution in [1.29, 1.82) is 0 Å². The van der Waals surface area contributed by atoms with Crippen LogP contribution in [-0.2, 0) is 0 Å². The first-order chi connectivity index (χ1) is 7.12. The van der Waals surface area contributed by atoms with E-state index in [2.05, 4.69) is 13.0 Å². The molecule has 2 nitrogen and oxygen atoms in total. The van der Waals surface area contributed by atoms with E-state index in [1.54, 1.807) is 0 Å². The van der Waals surface area contributed by atoms with Crippen LogP contribution >= 0.6 is 0 Å². The van der Waals surface area contributed by atoms with Crippen molar-refractivity contribution in [3.05, 3.63) is 23.4 Å². The number of allylic oxidation sites excluding steroid dienone is 1. The Bertz CT molecular complexity index is 298. The summed E-state index contributed by atoms with van der Waals surface area (Å²) < 4.78 is 0. The summed E-state index contributed by atoms with van der Waals surface area (Å²) in [5, 5.41) is 0. The monoisotopic (exact) mass is 206 g/mol. The highest BCUT2D eigenvalue weighted by Crippen LogP contribution is 2.37. The van der Waals surface area contributed by atoms with E-state index >= 15 is 0 Å². The molecule has 0 spiro atoms. The molecule has 1 fully saturated rings. The molecule has 0 aromatic heterocycles. The predicted molar refractivity (Wildman–Crippen MR) is 64.1 cm³/mol. The van der Waals surface area contributed by atoms with Crippen LogP contribution in [0, 0.1) is 5.92 Å². The highest BCUT2D eigenvalue weighted by Gasteiger charge is 2.35. The Balaban J connectivity index is 2.11. The van der Waals surface area contributed by atoms with Crippen molar-refractivity contribution in [2.45, 2.75) is 51.0 Å². The van der Waals surface area contributed by atoms with Gasteiger partial charge in [-0.15, -0.1) is 0 Å². The lowest BCUT2D eigenvalue weighted by Gasteiger charge is -2.39. The van der Waals surface area contributed by atoms with Crippen LogP contribution < -0.4 is 11.5 Å². The van der Waals surface area contributed by atoms with Crippen molar-refractivity contribution in [2.24, 2.45) is 17.4 Å². The second-order valence-electron chi connectivity index (χ2n) is 5.19. The first kappa shape index (κ1) is 10.7. The minimum Gasteiger partial charge on any atom is -0.399 e. The Morgan fingerprint density at radius 3 is 2.53 bits per heavy atom. The maximum atomic E-state index is 6.51. The molecule has 0 saturated heterocycles. The molecule has 0 aromatic carbocycles. The fraction of sp³-hybridized carbons (Fsp3) is 0.692. The summed E-state index contributed by atoms with van der Waals surface area (Å²) in [6.45, 7) is 2.10. The van der Waals surface area contributed by atoms with Crippen molar-refractivity contribution < 1.29 is 0 Å². The van der Waals surface area contributed by atoms with Crippen LogP contribution in [0.25, 0.3) is 0 Å². The smallest absolute Gasteiger partial charge is 0.0409 e. The van der Waals surface area contributed by atoms with Crippen molar-refractivity contribution in [3.63, 3.8) is 0 Å². The van der Waals surface area contributed by atoms with E-state index in [1.807, 2.05) is 6.08 Å². The molecule has 84 valence electrons. The lowest BCUT2D eigenvalue weighted by atomic mass is 9.70. The molecule has 0 amide bonds. The summed E-state index contributed by atoms with van der Waals surface area (Å²) in [7, 11) is 0. The van der Waals surface area contributed by atoms with E-state index in [-0.39, 0.29) is 5.54 Å². The first-order valence-electron chi connectivity index (χ1n) is 6.05. The molecule has 2 aliphatic rings. The second kappa shape index (κ2) is 4.01. The number of nitrogens with two attached hydrogens (primary N) is 2. The van der Waals surface area contributed by atoms with Gasteiger partial charge in [0.2, 0.25) is 0 Å². The highest BCUT2D eigenvalue weighted by molar-refractivity contribution is 5.32. The van der Waals surface area contributed by atoms with Crippen molar-refractivity contribution in [3.8, 4) is 0 Å². The zero-order valence-electron chi connectivity index (χ0n) is 9.63. The van der Waals surface area contributed by atoms with Gasteiger partial charge in [0.1, 0.15) is 0 Å². The molecule has 0 aliphatic heterocycles. The van der Waals surface area contributed by atoms with Gasteiger partial charge in [0.25, 0.3) is 0 Å². The Morgan fingerprint density at radius 1 is 1.27 bits per heavy atom. The van der Waals surface area contributed by atoms with Gasteiger partial charge in [-0.1, -0.05) is 25.3 Å². The first-order valence-corrected chi connectivity index (χ1v) is 6.05. The van der Waals surface area contributed by atoms with Gasteiger partial charge < -0.3 is 11.5 Å². The topological polar surface area (TPSA) is 52.0 Å². The van der Waals surface area contributed by atoms with Gasteiger partial charge >= 0.3 is 0 Å². The van der Waals surface area contributed by atoms with Gasteiger partial charge in [-0.05, 0) is 43.8 Å². The van der Waals surface area contributed by atoms with Gasteiger partial charge in [0.05, 0.1) is 0 Å². The summed E-state index contributed by atoms with van der Waals surface area (Å²) in [6, 6.07) is 0. The third kappa shape index (κ3) is 2.10. The predicted octanol–water partition coefficient (Wildman–Crippen LogP) is 2.46. The molecule has 1 unspecified atom stereocenters. The molecule has 2 heteroatoms. The quantitative estimate of drug-likeness (QED) is 0.692. The number of hydrogen-bond acceptors (Lipinski definition) is 2. The zero-order chi connectivity index (χ0) is 10.9. The minimum absolute atomic E-state index is 0.118. The summed E-state index contributed by atoms with van der Waals surface area (Å²) in [6.07, 6.45) is 11.7. The van der Waals surface area contributed by atoms with Crippen molar-refractivity contribution >= 4 is 0 Å². The second-order valence-corrected chi connectivity index (χ2v) is 5.19. The van der Waals surface area contributed by atoms with Gasteiger partial charge in [0, 0.05) is 11.2 Å². The summed E-state index contributed by atoms with van der Waals surface area (Å²) in [5.41, 5.74) is 14.4. The van der Waals surface area contributed by atoms with Crippen LogP contribution in [0.4, 0.5) is 0 Å². The SMILES string of the molecule is CC1=C(N)C=CC(N)(C2CCCCC2)C1. The molecule has 15 heavy (non-hydrogen) atoms. The molecule has 2 rings (SSSR count). The maximum absolute atomic E-state index is 6.51. The molecule has 1 atom stereocenters. The Hall–Kier alpha value is -0.760. The minimum atomic E-state index is -0.118. The average molecular weight is 206 g/mol. The van der Waals surface area contributed by atoms with Crippen LogP contribution in [0.15, 0.2) is 23.4 Å². The maximum Gasteiger partial charge on any atom is 0.0409 e. The van der Waals surface area contributed by atoms with Gasteiger partial charge in [0.15, 0.2) is 0 Å². The molecule has 1 saturated carbocycles. The molecule has 0 radical (unpaired) electrons. The van der Waals surface area contributed by atoms with Crippen molar-refractivity contribution in [2.75, 3.05) is 0 Å². The molecular formula is C13H22N2. The Morgan fingerprint density at radius 2 is 1.93 bits per heavy atom. The van der Waals surface area contributed by atoms with E-state index in [0.717, 1.165) is 12.1 Å². The number of hydrogen-bond donors (Lipinski definition) is 2. The van der Waals surface area contributed by atoms with Gasteiger partial charge in [-0.3, -0.25) is 0 Å². The van der Waals surface area contributed by atoms with Crippen LogP contribution in [0.2, 0.25) is 0 Å². The lowest BCUT2D eigenvalue weighted by Crippen LogP contribution is -2.47. The standard InChI is InChI=1S/C13H22N2/c1-10-9-13(15,8-7-12(10)14)11-5-3-2-4-6-11/h7-8,11H,2-6,9,14-15H2,1H3. The highest BCUT2D eigenvalue weighted by atomic mass is 14.8. The average Bonchev–Trinajstić information content (AvgIpc) is 2.26. The van der Waals surface area contributed by atoms with Crippen LogP contribution in [0.3, 0.4) is 0 Å². The van der Waals surface area contributed by atoms with Crippen molar-refractivity contribution in [1.82, 2.24) is 0 Å². The number of rotatable bonds is 1. The summed E-state index contributed by atoms with van der Waals surface area (Å²) in [5.74, 6) is 0.658. The normalized spacial score (nSPS) is 33.5. The third-order valence-electron chi connectivity index (χ3n) is 4.00. The van der Waals surface area contributed by atoms with E-state index in [4.69, 9.17) is 11.5 Å². The van der Waals surface area contributed by atoms with E-state index < -0.39 is 0 Å². The fourth-order valence-electron chi connectivity index (χ4n) is 2.93. The van der Waals surface area contributed by atoms with Crippen LogP contribution in [-0.4, -0.2) is 5.54 Å². The lowest BCUT2D eigenvalue weighted by molar-refractivity contribution is 0.244. The van der Waals surface area contributed by atoms with Crippen LogP contribution in [0.5, 0.6) is 0 Å². The Kier molecular flexibility index (Phi) is 2.87. The van der Waals surface area contributed by atoms with Crippen LogP contribution in [0.1, 0.15) is 45.4 Å². The van der Waals surface area contributed by atoms with Gasteiger partial charge in [-0.25, -0.2) is 0 Å². The van der Waals surface area contributed by atoms with E-state index in [0.29, 0.717) is 5.92 Å².